The van der Waals surface area contributed by atoms with Gasteiger partial charge >= 0.3 is 0 Å². The monoisotopic (exact) mass is 237 g/mol. The molecule has 1 atom stereocenters. The first-order chi connectivity index (χ1) is 8.02. The number of nitrogens with one attached hydrogen (secondary N) is 1. The largest absolute Gasteiger partial charge is 0.508 e. The molecule has 0 amide bonds. The van der Waals surface area contributed by atoms with Gasteiger partial charge in [-0.3, -0.25) is 5.32 Å². The van der Waals surface area contributed by atoms with Gasteiger partial charge < -0.3 is 10.0 Å². The van der Waals surface area contributed by atoms with Crippen molar-refractivity contribution >= 4 is 0 Å². The number of phenols is 1. The molecular weight excluding hydrogens is 221 g/mol. The Hall–Kier alpha value is -1.64. The van der Waals surface area contributed by atoms with Gasteiger partial charge in [-0.2, -0.15) is 5.26 Å². The van der Waals surface area contributed by atoms with Crippen molar-refractivity contribution < 1.29 is 9.50 Å². The molecule has 0 spiro atoms. The molecule has 1 aromatic carbocycles. The molecule has 1 unspecified atom stereocenters. The molecule has 0 saturated carbocycles. The van der Waals surface area contributed by atoms with E-state index >= 15 is 0 Å². The lowest BCUT2D eigenvalue weighted by atomic mass is 10.1. The van der Waals surface area contributed by atoms with Gasteiger partial charge in [-0.1, -0.05) is 0 Å². The molecule has 1 rings (SSSR count). The Bertz CT molecular complexity index is 394. The van der Waals surface area contributed by atoms with Crippen LogP contribution in [0.15, 0.2) is 18.2 Å². The highest BCUT2D eigenvalue weighted by atomic mass is 19.1. The van der Waals surface area contributed by atoms with E-state index in [0.717, 1.165) is 12.6 Å². The van der Waals surface area contributed by atoms with E-state index in [1.54, 1.807) is 0 Å². The minimum atomic E-state index is -0.614. The van der Waals surface area contributed by atoms with Crippen LogP contribution >= 0.6 is 0 Å². The normalized spacial score (nSPS) is 12.4. The minimum absolute atomic E-state index is 0.172. The molecule has 0 aromatic heterocycles. The van der Waals surface area contributed by atoms with Crippen LogP contribution in [-0.2, 0) is 0 Å². The van der Waals surface area contributed by atoms with Crippen LogP contribution < -0.4 is 5.32 Å². The maximum atomic E-state index is 13.1. The molecule has 0 aliphatic rings. The second-order valence-electron chi connectivity index (χ2n) is 4.06. The van der Waals surface area contributed by atoms with Crippen LogP contribution in [0.25, 0.3) is 0 Å². The highest BCUT2D eigenvalue weighted by molar-refractivity contribution is 5.33. The van der Waals surface area contributed by atoms with Crippen LogP contribution in [-0.4, -0.2) is 37.2 Å². The molecule has 1 aromatic rings. The first-order valence-electron chi connectivity index (χ1n) is 5.30. The Balaban J connectivity index is 2.70. The second-order valence-corrected chi connectivity index (χ2v) is 4.06. The zero-order valence-corrected chi connectivity index (χ0v) is 9.94. The number of nitrogens with zero attached hydrogens (tertiary/aromatic N) is 2. The van der Waals surface area contributed by atoms with Crippen LogP contribution in [0.5, 0.6) is 5.75 Å². The summed E-state index contributed by atoms with van der Waals surface area (Å²) in [7, 11) is 3.86. The van der Waals surface area contributed by atoms with E-state index in [9.17, 15) is 9.50 Å². The van der Waals surface area contributed by atoms with E-state index in [2.05, 4.69) is 5.32 Å². The Morgan fingerprint density at radius 3 is 2.71 bits per heavy atom. The Labute approximate surface area is 100 Å². The molecule has 0 heterocycles. The summed E-state index contributed by atoms with van der Waals surface area (Å²) in [6.45, 7) is 1.39. The maximum Gasteiger partial charge on any atom is 0.127 e. The van der Waals surface area contributed by atoms with Crippen molar-refractivity contribution in [2.45, 2.75) is 6.04 Å². The molecule has 0 radical (unpaired) electrons. The Morgan fingerprint density at radius 2 is 2.18 bits per heavy atom. The molecule has 2 N–H and O–H groups in total. The van der Waals surface area contributed by atoms with Crippen molar-refractivity contribution in [1.29, 1.82) is 5.26 Å². The van der Waals surface area contributed by atoms with E-state index in [-0.39, 0.29) is 5.75 Å². The fourth-order valence-corrected chi connectivity index (χ4v) is 1.43. The summed E-state index contributed by atoms with van der Waals surface area (Å²) in [4.78, 5) is 1.98. The first-order valence-corrected chi connectivity index (χ1v) is 5.30. The van der Waals surface area contributed by atoms with Crippen molar-refractivity contribution in [3.8, 4) is 11.8 Å². The summed E-state index contributed by atoms with van der Waals surface area (Å²) < 4.78 is 13.1. The van der Waals surface area contributed by atoms with Crippen LogP contribution in [0.3, 0.4) is 0 Å². The zero-order chi connectivity index (χ0) is 12.8. The summed E-state index contributed by atoms with van der Waals surface area (Å²) in [5, 5.41) is 21.3. The predicted molar refractivity (Wildman–Crippen MR) is 63.0 cm³/mol. The van der Waals surface area contributed by atoms with E-state index in [0.29, 0.717) is 12.1 Å². The highest BCUT2D eigenvalue weighted by Crippen LogP contribution is 2.20. The SMILES string of the molecule is CN(C)CCNC(C#N)c1cc(O)cc(F)c1. The summed E-state index contributed by atoms with van der Waals surface area (Å²) in [6, 6.07) is 5.07. The topological polar surface area (TPSA) is 59.3 Å². The van der Waals surface area contributed by atoms with Gasteiger partial charge in [0.25, 0.3) is 0 Å². The van der Waals surface area contributed by atoms with Crippen molar-refractivity contribution in [1.82, 2.24) is 10.2 Å². The fourth-order valence-electron chi connectivity index (χ4n) is 1.43. The van der Waals surface area contributed by atoms with Gasteiger partial charge in [0.05, 0.1) is 6.07 Å². The number of rotatable bonds is 5. The number of benzene rings is 1. The summed E-state index contributed by atoms with van der Waals surface area (Å²) in [6.07, 6.45) is 0. The molecule has 0 saturated heterocycles. The van der Waals surface area contributed by atoms with Crippen molar-refractivity contribution in [3.05, 3.63) is 29.6 Å². The molecular formula is C12H16FN3O. The van der Waals surface area contributed by atoms with Gasteiger partial charge in [-0.05, 0) is 31.8 Å². The lowest BCUT2D eigenvalue weighted by molar-refractivity contribution is 0.394. The number of likely N-dealkylation sites (N-methyl/N-ethyl adjacent to an activating group) is 1. The average Bonchev–Trinajstić information content (AvgIpc) is 2.22. The van der Waals surface area contributed by atoms with E-state index in [1.165, 1.54) is 12.1 Å². The van der Waals surface area contributed by atoms with Crippen molar-refractivity contribution in [2.24, 2.45) is 0 Å². The van der Waals surface area contributed by atoms with Crippen molar-refractivity contribution in [3.63, 3.8) is 0 Å². The molecule has 0 fully saturated rings. The molecule has 5 heteroatoms. The van der Waals surface area contributed by atoms with Gasteiger partial charge in [-0.25, -0.2) is 4.39 Å². The lowest BCUT2D eigenvalue weighted by Crippen LogP contribution is -2.29. The van der Waals surface area contributed by atoms with Gasteiger partial charge in [0.1, 0.15) is 17.6 Å². The van der Waals surface area contributed by atoms with E-state index in [4.69, 9.17) is 5.26 Å². The molecule has 92 valence electrons. The van der Waals surface area contributed by atoms with Crippen molar-refractivity contribution in [2.75, 3.05) is 27.2 Å². The number of aromatic hydroxyl groups is 1. The standard InChI is InChI=1S/C12H16FN3O/c1-16(2)4-3-15-12(8-14)9-5-10(13)7-11(17)6-9/h5-7,12,15,17H,3-4H2,1-2H3. The average molecular weight is 237 g/mol. The van der Waals surface area contributed by atoms with Gasteiger partial charge in [-0.15, -0.1) is 0 Å². The van der Waals surface area contributed by atoms with Gasteiger partial charge in [0.15, 0.2) is 0 Å². The quantitative estimate of drug-likeness (QED) is 0.809. The van der Waals surface area contributed by atoms with E-state index in [1.807, 2.05) is 25.1 Å². The van der Waals surface area contributed by atoms with Crippen LogP contribution in [0.1, 0.15) is 11.6 Å². The molecule has 17 heavy (non-hydrogen) atoms. The Morgan fingerprint density at radius 1 is 1.47 bits per heavy atom. The summed E-state index contributed by atoms with van der Waals surface area (Å²) in [5.74, 6) is -0.718. The summed E-state index contributed by atoms with van der Waals surface area (Å²) >= 11 is 0. The van der Waals surface area contributed by atoms with Crippen LogP contribution in [0.2, 0.25) is 0 Å². The van der Waals surface area contributed by atoms with Gasteiger partial charge in [0, 0.05) is 19.2 Å². The van der Waals surface area contributed by atoms with E-state index < -0.39 is 11.9 Å². The molecule has 4 nitrogen and oxygen atoms in total. The predicted octanol–water partition coefficient (Wildman–Crippen LogP) is 1.25. The third kappa shape index (κ3) is 4.39. The first kappa shape index (κ1) is 13.4. The number of halogens is 1. The number of hydrogen-bond acceptors (Lipinski definition) is 4. The molecule has 0 aliphatic carbocycles. The van der Waals surface area contributed by atoms with Gasteiger partial charge in [0.2, 0.25) is 0 Å². The third-order valence-corrected chi connectivity index (χ3v) is 2.27. The third-order valence-electron chi connectivity index (χ3n) is 2.27. The second kappa shape index (κ2) is 6.18. The minimum Gasteiger partial charge on any atom is -0.508 e. The molecule has 0 aliphatic heterocycles. The zero-order valence-electron chi connectivity index (χ0n) is 9.94. The number of hydrogen-bond donors (Lipinski definition) is 2. The van der Waals surface area contributed by atoms with Crippen LogP contribution in [0.4, 0.5) is 4.39 Å². The lowest BCUT2D eigenvalue weighted by Gasteiger charge is -2.14. The smallest absolute Gasteiger partial charge is 0.127 e. The Kier molecular flexibility index (Phi) is 4.88. The number of nitriles is 1. The molecule has 0 bridgehead atoms. The van der Waals surface area contributed by atoms with Crippen LogP contribution in [0, 0.1) is 17.1 Å². The maximum absolute atomic E-state index is 13.1. The fraction of sp³-hybridized carbons (Fsp3) is 0.417. The highest BCUT2D eigenvalue weighted by Gasteiger charge is 2.11. The summed E-state index contributed by atoms with van der Waals surface area (Å²) in [5.41, 5.74) is 0.434. The number of phenolic OH excluding ortho intramolecular Hbond substituents is 1.